The number of hydrogen-bond acceptors (Lipinski definition) is 5. The smallest absolute Gasteiger partial charge is 0.326 e. The van der Waals surface area contributed by atoms with E-state index >= 15 is 0 Å². The quantitative estimate of drug-likeness (QED) is 0.523. The van der Waals surface area contributed by atoms with Gasteiger partial charge in [0.05, 0.1) is 9.38 Å². The first-order valence-corrected chi connectivity index (χ1v) is 8.71. The molecular weight excluding hydrogens is 458 g/mol. The number of carbonyl (C=O) groups is 2. The predicted molar refractivity (Wildman–Crippen MR) is 95.6 cm³/mol. The van der Waals surface area contributed by atoms with Crippen molar-refractivity contribution in [3.05, 3.63) is 31.5 Å². The van der Waals surface area contributed by atoms with E-state index in [0.29, 0.717) is 10.0 Å². The number of carbonyl (C=O) groups excluding carboxylic acids is 1. The van der Waals surface area contributed by atoms with Crippen molar-refractivity contribution >= 4 is 78.1 Å². The molecule has 0 saturated carbocycles. The zero-order chi connectivity index (χ0) is 16.6. The molecule has 5 nitrogen and oxygen atoms in total. The molecule has 1 aromatic carbocycles. The molecule has 1 unspecified atom stereocenters. The van der Waals surface area contributed by atoms with Gasteiger partial charge in [0, 0.05) is 10.0 Å². The molecular formula is C13H9Br2NO4S2. The van der Waals surface area contributed by atoms with Gasteiger partial charge in [0.15, 0.2) is 0 Å². The Morgan fingerprint density at radius 2 is 2.09 bits per heavy atom. The Hall–Kier alpha value is -0.900. The summed E-state index contributed by atoms with van der Waals surface area (Å²) in [5, 5.41) is 19.1. The Morgan fingerprint density at radius 1 is 1.45 bits per heavy atom. The summed E-state index contributed by atoms with van der Waals surface area (Å²) in [5.74, 6) is -1.63. The van der Waals surface area contributed by atoms with Crippen LogP contribution in [0.1, 0.15) is 12.5 Å². The maximum Gasteiger partial charge on any atom is 0.326 e. The molecule has 0 aliphatic carbocycles. The molecule has 9 heteroatoms. The largest absolute Gasteiger partial charge is 0.506 e. The highest BCUT2D eigenvalue weighted by Crippen LogP contribution is 2.38. The highest BCUT2D eigenvalue weighted by atomic mass is 79.9. The highest BCUT2D eigenvalue weighted by Gasteiger charge is 2.38. The molecule has 1 aliphatic rings. The Kier molecular flexibility index (Phi) is 5.31. The average molecular weight is 467 g/mol. The Morgan fingerprint density at radius 3 is 2.68 bits per heavy atom. The number of benzene rings is 1. The van der Waals surface area contributed by atoms with Crippen LogP contribution in [0.4, 0.5) is 0 Å². The van der Waals surface area contributed by atoms with Gasteiger partial charge in [0.1, 0.15) is 16.1 Å². The van der Waals surface area contributed by atoms with Gasteiger partial charge >= 0.3 is 5.97 Å². The van der Waals surface area contributed by atoms with E-state index in [1.54, 1.807) is 12.1 Å². The van der Waals surface area contributed by atoms with E-state index in [9.17, 15) is 14.7 Å². The molecule has 1 fully saturated rings. The molecule has 0 spiro atoms. The molecule has 116 valence electrons. The normalized spacial score (nSPS) is 18.1. The summed E-state index contributed by atoms with van der Waals surface area (Å²) in [6.45, 7) is 1.39. The summed E-state index contributed by atoms with van der Waals surface area (Å²) in [6, 6.07) is 2.28. The second kappa shape index (κ2) is 6.69. The number of thiocarbonyl (C=S) groups is 1. The van der Waals surface area contributed by atoms with Crippen LogP contribution in [0, 0.1) is 0 Å². The van der Waals surface area contributed by atoms with Crippen LogP contribution < -0.4 is 0 Å². The lowest BCUT2D eigenvalue weighted by molar-refractivity contribution is -0.144. The average Bonchev–Trinajstić information content (AvgIpc) is 2.69. The molecule has 0 bridgehead atoms. The van der Waals surface area contributed by atoms with E-state index in [0.717, 1.165) is 21.1 Å². The number of rotatable bonds is 3. The minimum atomic E-state index is -1.13. The molecule has 2 rings (SSSR count). The minimum Gasteiger partial charge on any atom is -0.506 e. The number of aromatic hydroxyl groups is 1. The van der Waals surface area contributed by atoms with Gasteiger partial charge in [0.25, 0.3) is 5.91 Å². The zero-order valence-electron chi connectivity index (χ0n) is 11.0. The summed E-state index contributed by atoms with van der Waals surface area (Å²) in [4.78, 5) is 24.7. The molecule has 1 saturated heterocycles. The topological polar surface area (TPSA) is 77.8 Å². The van der Waals surface area contributed by atoms with Gasteiger partial charge in [-0.2, -0.15) is 0 Å². The van der Waals surface area contributed by atoms with Crippen LogP contribution in [0.5, 0.6) is 5.75 Å². The number of thioether (sulfide) groups is 1. The number of carboxylic acids is 1. The van der Waals surface area contributed by atoms with Gasteiger partial charge in [-0.1, -0.05) is 39.9 Å². The lowest BCUT2D eigenvalue weighted by Gasteiger charge is -2.18. The predicted octanol–water partition coefficient (Wildman–Crippen LogP) is 3.59. The van der Waals surface area contributed by atoms with E-state index in [1.165, 1.54) is 13.0 Å². The Balaban J connectivity index is 2.41. The third-order valence-corrected chi connectivity index (χ3v) is 5.31. The van der Waals surface area contributed by atoms with Gasteiger partial charge in [-0.15, -0.1) is 0 Å². The van der Waals surface area contributed by atoms with Crippen LogP contribution in [0.2, 0.25) is 0 Å². The number of carboxylic acid groups (broad SMARTS) is 1. The van der Waals surface area contributed by atoms with E-state index in [2.05, 4.69) is 31.9 Å². The van der Waals surface area contributed by atoms with E-state index in [4.69, 9.17) is 17.3 Å². The number of nitrogens with zero attached hydrogens (tertiary/aromatic N) is 1. The summed E-state index contributed by atoms with van der Waals surface area (Å²) < 4.78 is 1.38. The maximum atomic E-state index is 12.3. The van der Waals surface area contributed by atoms with Gasteiger partial charge < -0.3 is 10.2 Å². The molecule has 1 amide bonds. The number of hydrogen-bond donors (Lipinski definition) is 2. The minimum absolute atomic E-state index is 0.0141. The molecule has 1 heterocycles. The molecule has 22 heavy (non-hydrogen) atoms. The lowest BCUT2D eigenvalue weighted by Crippen LogP contribution is -2.41. The van der Waals surface area contributed by atoms with Crippen molar-refractivity contribution in [2.24, 2.45) is 0 Å². The lowest BCUT2D eigenvalue weighted by atomic mass is 10.2. The van der Waals surface area contributed by atoms with Crippen molar-refractivity contribution in [2.75, 3.05) is 0 Å². The third-order valence-electron chi connectivity index (χ3n) is 2.91. The van der Waals surface area contributed by atoms with Crippen LogP contribution in [-0.4, -0.2) is 37.4 Å². The number of phenolic OH excluding ortho intramolecular Hbond substituents is 1. The molecule has 1 atom stereocenters. The summed E-state index contributed by atoms with van der Waals surface area (Å²) in [5.41, 5.74) is 0.421. The second-order valence-electron chi connectivity index (χ2n) is 4.39. The highest BCUT2D eigenvalue weighted by molar-refractivity contribution is 9.11. The number of amides is 1. The van der Waals surface area contributed by atoms with Gasteiger partial charge in [-0.25, -0.2) is 4.79 Å². The zero-order valence-corrected chi connectivity index (χ0v) is 15.8. The van der Waals surface area contributed by atoms with Crippen molar-refractivity contribution in [1.82, 2.24) is 4.90 Å². The van der Waals surface area contributed by atoms with Crippen LogP contribution >= 0.6 is 55.8 Å². The van der Waals surface area contributed by atoms with Crippen LogP contribution in [-0.2, 0) is 9.59 Å². The number of halogens is 2. The first kappa shape index (κ1) is 17.5. The Bertz CT molecular complexity index is 720. The van der Waals surface area contributed by atoms with Crippen molar-refractivity contribution in [3.8, 4) is 5.75 Å². The summed E-state index contributed by atoms with van der Waals surface area (Å²) >= 11 is 12.6. The summed E-state index contributed by atoms with van der Waals surface area (Å²) in [6.07, 6.45) is 1.48. The first-order chi connectivity index (χ1) is 10.2. The first-order valence-electron chi connectivity index (χ1n) is 5.90. The van der Waals surface area contributed by atoms with E-state index in [-0.39, 0.29) is 15.0 Å². The SMILES string of the molecule is CC(C(=O)O)N1C(=O)/C(=C/c2cc(Br)cc(Br)c2O)SC1=S. The van der Waals surface area contributed by atoms with Crippen molar-refractivity contribution in [2.45, 2.75) is 13.0 Å². The van der Waals surface area contributed by atoms with Gasteiger partial charge in [-0.05, 0) is 41.1 Å². The number of phenols is 1. The van der Waals surface area contributed by atoms with Crippen molar-refractivity contribution < 1.29 is 19.8 Å². The van der Waals surface area contributed by atoms with Gasteiger partial charge in [0.2, 0.25) is 0 Å². The van der Waals surface area contributed by atoms with Gasteiger partial charge in [-0.3, -0.25) is 9.69 Å². The fourth-order valence-electron chi connectivity index (χ4n) is 1.76. The standard InChI is InChI=1S/C13H9Br2NO4S2/c1-5(12(19)20)16-11(18)9(22-13(16)21)3-6-2-7(14)4-8(15)10(6)17/h2-5,17H,1H3,(H,19,20)/b9-3-. The Labute approximate surface area is 152 Å². The monoisotopic (exact) mass is 465 g/mol. The number of aliphatic carboxylic acids is 1. The molecule has 2 N–H and O–H groups in total. The fraction of sp³-hybridized carbons (Fsp3) is 0.154. The molecule has 1 aromatic rings. The summed E-state index contributed by atoms with van der Waals surface area (Å²) in [7, 11) is 0. The second-order valence-corrected chi connectivity index (χ2v) is 7.84. The van der Waals surface area contributed by atoms with Crippen molar-refractivity contribution in [3.63, 3.8) is 0 Å². The maximum absolute atomic E-state index is 12.3. The molecule has 0 aromatic heterocycles. The van der Waals surface area contributed by atoms with Crippen LogP contribution in [0.15, 0.2) is 26.0 Å². The van der Waals surface area contributed by atoms with Crippen molar-refractivity contribution in [1.29, 1.82) is 0 Å². The molecule has 0 radical (unpaired) electrons. The third kappa shape index (κ3) is 3.37. The van der Waals surface area contributed by atoms with E-state index < -0.39 is 17.9 Å². The van der Waals surface area contributed by atoms with Crippen LogP contribution in [0.3, 0.4) is 0 Å². The van der Waals surface area contributed by atoms with E-state index in [1.807, 2.05) is 0 Å². The fourth-order valence-corrected chi connectivity index (χ4v) is 4.43. The molecule has 1 aliphatic heterocycles. The van der Waals surface area contributed by atoms with Crippen LogP contribution in [0.25, 0.3) is 6.08 Å².